The number of carbonyl (C=O) groups excluding carboxylic acids is 1. The third-order valence-electron chi connectivity index (χ3n) is 3.51. The summed E-state index contributed by atoms with van der Waals surface area (Å²) in [5, 5.41) is 0.0619. The highest BCUT2D eigenvalue weighted by Crippen LogP contribution is 2.42. The first-order valence-electron chi connectivity index (χ1n) is 6.82. The van der Waals surface area contributed by atoms with Gasteiger partial charge in [-0.15, -0.1) is 11.8 Å². The highest BCUT2D eigenvalue weighted by atomic mass is 79.9. The second kappa shape index (κ2) is 5.85. The van der Waals surface area contributed by atoms with Gasteiger partial charge in [0.05, 0.1) is 5.75 Å². The van der Waals surface area contributed by atoms with Crippen LogP contribution in [0, 0.1) is 13.8 Å². The molecular formula is C17H16BrNOS. The van der Waals surface area contributed by atoms with Crippen molar-refractivity contribution in [3.05, 3.63) is 63.6 Å². The van der Waals surface area contributed by atoms with Gasteiger partial charge in [-0.2, -0.15) is 0 Å². The molecule has 1 unspecified atom stereocenters. The molecule has 1 fully saturated rings. The molecule has 1 saturated heterocycles. The van der Waals surface area contributed by atoms with E-state index < -0.39 is 0 Å². The maximum atomic E-state index is 12.3. The van der Waals surface area contributed by atoms with Crippen LogP contribution < -0.4 is 4.90 Å². The molecule has 0 aromatic heterocycles. The molecule has 1 amide bonds. The van der Waals surface area contributed by atoms with E-state index in [0.29, 0.717) is 5.75 Å². The van der Waals surface area contributed by atoms with Gasteiger partial charge in [-0.1, -0.05) is 34.1 Å². The Bertz CT molecular complexity index is 663. The Balaban J connectivity index is 2.01. The first kappa shape index (κ1) is 14.7. The molecule has 0 bridgehead atoms. The Morgan fingerprint density at radius 1 is 1.10 bits per heavy atom. The molecule has 0 saturated carbocycles. The number of hydrogen-bond donors (Lipinski definition) is 0. The average molecular weight is 362 g/mol. The van der Waals surface area contributed by atoms with Gasteiger partial charge in [-0.3, -0.25) is 9.69 Å². The lowest BCUT2D eigenvalue weighted by Gasteiger charge is -2.25. The maximum absolute atomic E-state index is 12.3. The lowest BCUT2D eigenvalue weighted by molar-refractivity contribution is -0.115. The minimum Gasteiger partial charge on any atom is -0.295 e. The minimum absolute atomic E-state index is 0.0619. The molecule has 108 valence electrons. The van der Waals surface area contributed by atoms with E-state index >= 15 is 0 Å². The first-order chi connectivity index (χ1) is 10.0. The number of amides is 1. The van der Waals surface area contributed by atoms with Gasteiger partial charge in [0.1, 0.15) is 5.37 Å². The monoisotopic (exact) mass is 361 g/mol. The summed E-state index contributed by atoms with van der Waals surface area (Å²) in [6.45, 7) is 4.14. The van der Waals surface area contributed by atoms with Crippen LogP contribution >= 0.6 is 27.7 Å². The number of anilines is 1. The van der Waals surface area contributed by atoms with Crippen LogP contribution in [-0.4, -0.2) is 11.7 Å². The number of rotatable bonds is 2. The van der Waals surface area contributed by atoms with Gasteiger partial charge >= 0.3 is 0 Å². The van der Waals surface area contributed by atoms with Crippen molar-refractivity contribution < 1.29 is 4.79 Å². The van der Waals surface area contributed by atoms with Crippen molar-refractivity contribution in [1.82, 2.24) is 0 Å². The van der Waals surface area contributed by atoms with Gasteiger partial charge in [-0.25, -0.2) is 0 Å². The molecule has 1 aliphatic rings. The van der Waals surface area contributed by atoms with Crippen LogP contribution in [0.5, 0.6) is 0 Å². The third kappa shape index (κ3) is 3.01. The number of thioether (sulfide) groups is 1. The van der Waals surface area contributed by atoms with Crippen molar-refractivity contribution in [3.8, 4) is 0 Å². The van der Waals surface area contributed by atoms with Gasteiger partial charge in [0.15, 0.2) is 0 Å². The summed E-state index contributed by atoms with van der Waals surface area (Å²) in [6, 6.07) is 14.5. The van der Waals surface area contributed by atoms with Gasteiger partial charge in [-0.05, 0) is 54.8 Å². The third-order valence-corrected chi connectivity index (χ3v) is 5.25. The standard InChI is InChI=1S/C17H16BrNOS/c1-11-7-12(2)9-15(8-11)19-16(20)10-21-17(19)13-3-5-14(18)6-4-13/h3-9,17H,10H2,1-2H3. The topological polar surface area (TPSA) is 20.3 Å². The largest absolute Gasteiger partial charge is 0.295 e. The zero-order chi connectivity index (χ0) is 15.0. The van der Waals surface area contributed by atoms with Crippen LogP contribution in [0.3, 0.4) is 0 Å². The maximum Gasteiger partial charge on any atom is 0.238 e. The van der Waals surface area contributed by atoms with Crippen LogP contribution in [0.25, 0.3) is 0 Å². The fourth-order valence-corrected chi connectivity index (χ4v) is 4.11. The summed E-state index contributed by atoms with van der Waals surface area (Å²) in [5.74, 6) is 0.714. The number of nitrogens with zero attached hydrogens (tertiary/aromatic N) is 1. The van der Waals surface area contributed by atoms with Crippen LogP contribution in [0.4, 0.5) is 5.69 Å². The molecular weight excluding hydrogens is 346 g/mol. The molecule has 0 radical (unpaired) electrons. The fraction of sp³-hybridized carbons (Fsp3) is 0.235. The smallest absolute Gasteiger partial charge is 0.238 e. The molecule has 2 aromatic rings. The van der Waals surface area contributed by atoms with Crippen LogP contribution in [0.1, 0.15) is 22.1 Å². The number of carbonyl (C=O) groups is 1. The number of halogens is 1. The van der Waals surface area contributed by atoms with Crippen molar-refractivity contribution in [2.75, 3.05) is 10.7 Å². The molecule has 4 heteroatoms. The highest BCUT2D eigenvalue weighted by molar-refractivity contribution is 9.10. The van der Waals surface area contributed by atoms with E-state index in [-0.39, 0.29) is 11.3 Å². The molecule has 3 rings (SSSR count). The molecule has 2 nitrogen and oxygen atoms in total. The van der Waals surface area contributed by atoms with Crippen LogP contribution in [0.2, 0.25) is 0 Å². The summed E-state index contributed by atoms with van der Waals surface area (Å²) in [7, 11) is 0. The quantitative estimate of drug-likeness (QED) is 0.762. The molecule has 21 heavy (non-hydrogen) atoms. The number of aryl methyl sites for hydroxylation is 2. The van der Waals surface area contributed by atoms with E-state index in [1.54, 1.807) is 11.8 Å². The molecule has 1 aliphatic heterocycles. The van der Waals surface area contributed by atoms with Gasteiger partial charge in [0, 0.05) is 10.2 Å². The first-order valence-corrected chi connectivity index (χ1v) is 8.66. The van der Waals surface area contributed by atoms with Gasteiger partial charge in [0.2, 0.25) is 5.91 Å². The Morgan fingerprint density at radius 3 is 2.33 bits per heavy atom. The van der Waals surface area contributed by atoms with Crippen molar-refractivity contribution >= 4 is 39.3 Å². The summed E-state index contributed by atoms with van der Waals surface area (Å²) in [5.41, 5.74) is 4.53. The van der Waals surface area contributed by atoms with E-state index in [1.807, 2.05) is 17.0 Å². The zero-order valence-corrected chi connectivity index (χ0v) is 14.4. The van der Waals surface area contributed by atoms with Crippen molar-refractivity contribution in [2.24, 2.45) is 0 Å². The SMILES string of the molecule is Cc1cc(C)cc(N2C(=O)CSC2c2ccc(Br)cc2)c1. The average Bonchev–Trinajstić information content (AvgIpc) is 2.80. The molecule has 2 aromatic carbocycles. The Hall–Kier alpha value is -1.26. The highest BCUT2D eigenvalue weighted by Gasteiger charge is 2.34. The van der Waals surface area contributed by atoms with E-state index in [4.69, 9.17) is 0 Å². The van der Waals surface area contributed by atoms with Gasteiger partial charge < -0.3 is 0 Å². The van der Waals surface area contributed by atoms with E-state index in [2.05, 4.69) is 60.1 Å². The van der Waals surface area contributed by atoms with Crippen molar-refractivity contribution in [2.45, 2.75) is 19.2 Å². The zero-order valence-electron chi connectivity index (χ0n) is 12.0. The second-order valence-electron chi connectivity index (χ2n) is 5.32. The predicted molar refractivity (Wildman–Crippen MR) is 92.7 cm³/mol. The Labute approximate surface area is 137 Å². The number of hydrogen-bond acceptors (Lipinski definition) is 2. The minimum atomic E-state index is 0.0619. The van der Waals surface area contributed by atoms with Crippen molar-refractivity contribution in [1.29, 1.82) is 0 Å². The number of benzene rings is 2. The lowest BCUT2D eigenvalue weighted by Crippen LogP contribution is -2.27. The van der Waals surface area contributed by atoms with E-state index in [1.165, 1.54) is 11.1 Å². The summed E-state index contributed by atoms with van der Waals surface area (Å²) in [4.78, 5) is 14.3. The molecule has 0 spiro atoms. The summed E-state index contributed by atoms with van der Waals surface area (Å²) in [6.07, 6.45) is 0. The van der Waals surface area contributed by atoms with E-state index in [0.717, 1.165) is 15.7 Å². The Morgan fingerprint density at radius 2 is 1.71 bits per heavy atom. The normalized spacial score (nSPS) is 18.3. The van der Waals surface area contributed by atoms with Crippen LogP contribution in [0.15, 0.2) is 46.9 Å². The summed E-state index contributed by atoms with van der Waals surface area (Å²) < 4.78 is 1.05. The molecule has 1 atom stereocenters. The van der Waals surface area contributed by atoms with Gasteiger partial charge in [0.25, 0.3) is 0 Å². The molecule has 1 heterocycles. The molecule has 0 N–H and O–H groups in total. The fourth-order valence-electron chi connectivity index (χ4n) is 2.67. The molecule has 0 aliphatic carbocycles. The second-order valence-corrected chi connectivity index (χ2v) is 7.31. The summed E-state index contributed by atoms with van der Waals surface area (Å²) >= 11 is 5.14. The lowest BCUT2D eigenvalue weighted by atomic mass is 10.1. The van der Waals surface area contributed by atoms with Crippen LogP contribution in [-0.2, 0) is 4.79 Å². The van der Waals surface area contributed by atoms with Crippen molar-refractivity contribution in [3.63, 3.8) is 0 Å². The van der Waals surface area contributed by atoms with E-state index in [9.17, 15) is 4.79 Å². The Kier molecular flexibility index (Phi) is 4.09. The predicted octanol–water partition coefficient (Wildman–Crippen LogP) is 4.84.